The van der Waals surface area contributed by atoms with Crippen LogP contribution in [0.25, 0.3) is 11.2 Å². The van der Waals surface area contributed by atoms with Gasteiger partial charge in [0, 0.05) is 5.56 Å². The second kappa shape index (κ2) is 7.31. The minimum Gasteiger partial charge on any atom is -0.387 e. The molecule has 1 atom stereocenters. The van der Waals surface area contributed by atoms with Crippen LogP contribution in [0.1, 0.15) is 17.3 Å². The summed E-state index contributed by atoms with van der Waals surface area (Å²) in [6.07, 6.45) is -1.53. The lowest BCUT2D eigenvalue weighted by Gasteiger charge is -2.22. The third kappa shape index (κ3) is 4.03. The fourth-order valence-corrected chi connectivity index (χ4v) is 1.95. The summed E-state index contributed by atoms with van der Waals surface area (Å²) in [7, 11) is 0. The van der Waals surface area contributed by atoms with Crippen molar-refractivity contribution in [2.45, 2.75) is 18.8 Å². The molecule has 0 amide bonds. The van der Waals surface area contributed by atoms with Gasteiger partial charge in [-0.2, -0.15) is 0 Å². The number of aliphatic hydroxyl groups is 3. The molecule has 1 unspecified atom stereocenters. The van der Waals surface area contributed by atoms with E-state index in [1.165, 1.54) is 12.1 Å². The SMILES string of the molecule is CC(O)C(O)(O)C(=O)c1ccccc1.O=c1[nH]c(=O)c2[nH]c(=O)[nH]c2[nH]1. The van der Waals surface area contributed by atoms with E-state index in [-0.39, 0.29) is 16.7 Å². The molecule has 0 spiro atoms. The third-order valence-corrected chi connectivity index (χ3v) is 3.37. The Morgan fingerprint density at radius 2 is 1.50 bits per heavy atom. The van der Waals surface area contributed by atoms with Gasteiger partial charge in [-0.1, -0.05) is 30.3 Å². The summed E-state index contributed by atoms with van der Waals surface area (Å²) in [5.74, 6) is -3.63. The summed E-state index contributed by atoms with van der Waals surface area (Å²) < 4.78 is 0. The molecule has 0 aliphatic rings. The van der Waals surface area contributed by atoms with Crippen LogP contribution in [0, 0.1) is 0 Å². The van der Waals surface area contributed by atoms with E-state index < -0.39 is 34.6 Å². The summed E-state index contributed by atoms with van der Waals surface area (Å²) in [6, 6.07) is 7.81. The van der Waals surface area contributed by atoms with Gasteiger partial charge in [-0.05, 0) is 6.92 Å². The van der Waals surface area contributed by atoms with Gasteiger partial charge < -0.3 is 15.3 Å². The zero-order chi connectivity index (χ0) is 19.5. The summed E-state index contributed by atoms with van der Waals surface area (Å²) in [5, 5.41) is 27.5. The number of ketones is 1. The lowest BCUT2D eigenvalue weighted by molar-refractivity contribution is -0.180. The van der Waals surface area contributed by atoms with Crippen LogP contribution in [0.4, 0.5) is 0 Å². The highest BCUT2D eigenvalue weighted by atomic mass is 16.5. The van der Waals surface area contributed by atoms with Gasteiger partial charge in [0.05, 0.1) is 0 Å². The number of carbonyl (C=O) groups excluding carboxylic acids is 1. The van der Waals surface area contributed by atoms with Crippen LogP contribution in [-0.2, 0) is 0 Å². The molecule has 0 radical (unpaired) electrons. The summed E-state index contributed by atoms with van der Waals surface area (Å²) in [4.78, 5) is 52.4. The number of nitrogens with one attached hydrogen (secondary N) is 4. The molecule has 0 saturated carbocycles. The van der Waals surface area contributed by atoms with E-state index in [1.807, 2.05) is 4.98 Å². The van der Waals surface area contributed by atoms with Gasteiger partial charge in [-0.15, -0.1) is 0 Å². The van der Waals surface area contributed by atoms with Crippen molar-refractivity contribution in [2.24, 2.45) is 0 Å². The van der Waals surface area contributed by atoms with Crippen LogP contribution in [-0.4, -0.2) is 52.9 Å². The van der Waals surface area contributed by atoms with Crippen molar-refractivity contribution in [3.63, 3.8) is 0 Å². The van der Waals surface area contributed by atoms with Crippen LogP contribution >= 0.6 is 0 Å². The Hall–Kier alpha value is -3.28. The third-order valence-electron chi connectivity index (χ3n) is 3.37. The number of hydrogen-bond donors (Lipinski definition) is 7. The molecule has 11 nitrogen and oxygen atoms in total. The van der Waals surface area contributed by atoms with Crippen molar-refractivity contribution in [1.29, 1.82) is 0 Å². The number of aliphatic hydroxyl groups excluding tert-OH is 1. The van der Waals surface area contributed by atoms with Crippen molar-refractivity contribution >= 4 is 16.9 Å². The van der Waals surface area contributed by atoms with Crippen molar-refractivity contribution in [2.75, 3.05) is 0 Å². The van der Waals surface area contributed by atoms with E-state index in [2.05, 4.69) is 15.0 Å². The Morgan fingerprint density at radius 1 is 0.962 bits per heavy atom. The molecule has 138 valence electrons. The van der Waals surface area contributed by atoms with Crippen molar-refractivity contribution in [3.8, 4) is 0 Å². The number of rotatable bonds is 3. The fraction of sp³-hybridized carbons (Fsp3) is 0.200. The van der Waals surface area contributed by atoms with Gasteiger partial charge in [-0.3, -0.25) is 29.5 Å². The molecule has 7 N–H and O–H groups in total. The van der Waals surface area contributed by atoms with E-state index in [1.54, 1.807) is 18.2 Å². The van der Waals surface area contributed by atoms with Gasteiger partial charge in [-0.25, -0.2) is 9.59 Å². The molecule has 3 aromatic rings. The minimum absolute atomic E-state index is 0.0413. The van der Waals surface area contributed by atoms with E-state index in [4.69, 9.17) is 5.11 Å². The normalized spacial score (nSPS) is 12.3. The smallest absolute Gasteiger partial charge is 0.327 e. The monoisotopic (exact) mass is 364 g/mol. The second-order valence-corrected chi connectivity index (χ2v) is 5.33. The maximum absolute atomic E-state index is 11.4. The zero-order valence-electron chi connectivity index (χ0n) is 13.4. The van der Waals surface area contributed by atoms with Crippen molar-refractivity contribution in [3.05, 3.63) is 67.2 Å². The molecule has 3 rings (SSSR count). The summed E-state index contributed by atoms with van der Waals surface area (Å²) >= 11 is 0. The Balaban J connectivity index is 0.000000189. The van der Waals surface area contributed by atoms with E-state index in [0.717, 1.165) is 6.92 Å². The number of imidazole rings is 1. The summed E-state index contributed by atoms with van der Waals surface area (Å²) in [6.45, 7) is 1.14. The predicted molar refractivity (Wildman–Crippen MR) is 89.8 cm³/mol. The first kappa shape index (κ1) is 19.1. The number of carbonyl (C=O) groups is 1. The topological polar surface area (TPSA) is 192 Å². The highest BCUT2D eigenvalue weighted by Crippen LogP contribution is 2.14. The first-order valence-electron chi connectivity index (χ1n) is 7.30. The van der Waals surface area contributed by atoms with E-state index in [9.17, 15) is 29.4 Å². The minimum atomic E-state index is -2.72. The number of aromatic amines is 4. The standard InChI is InChI=1S/C10H12O4.C5H4N4O3/c1-7(11)10(13,14)9(12)8-5-3-2-4-6-8;10-3-1-2(7-4(11)6-1)8-5(12)9-3/h2-7,11,13-14H,1H3;(H4,6,7,8,9,10,11,12). The van der Waals surface area contributed by atoms with Gasteiger partial charge in [0.1, 0.15) is 17.3 Å². The molecule has 0 bridgehead atoms. The molecular weight excluding hydrogens is 348 g/mol. The number of aromatic nitrogens is 4. The van der Waals surface area contributed by atoms with Crippen molar-refractivity contribution < 1.29 is 20.1 Å². The van der Waals surface area contributed by atoms with Gasteiger partial charge >= 0.3 is 11.4 Å². The lowest BCUT2D eigenvalue weighted by atomic mass is 10.00. The number of Topliss-reactive ketones (excluding diaryl/α,β-unsaturated/α-hetero) is 1. The first-order chi connectivity index (χ1) is 12.1. The highest BCUT2D eigenvalue weighted by Gasteiger charge is 2.38. The zero-order valence-corrected chi connectivity index (χ0v) is 13.4. The van der Waals surface area contributed by atoms with Crippen LogP contribution < -0.4 is 16.9 Å². The molecular formula is C15H16N4O7. The van der Waals surface area contributed by atoms with Gasteiger partial charge in [0.15, 0.2) is 0 Å². The molecule has 1 aromatic carbocycles. The molecule has 26 heavy (non-hydrogen) atoms. The number of fused-ring (bicyclic) bond motifs is 1. The maximum Gasteiger partial charge on any atom is 0.327 e. The molecule has 2 heterocycles. The average molecular weight is 364 g/mol. The van der Waals surface area contributed by atoms with Crippen LogP contribution in [0.3, 0.4) is 0 Å². The molecule has 11 heteroatoms. The number of benzene rings is 1. The van der Waals surface area contributed by atoms with Crippen LogP contribution in [0.15, 0.2) is 44.7 Å². The van der Waals surface area contributed by atoms with Gasteiger partial charge in [0.25, 0.3) is 11.3 Å². The van der Waals surface area contributed by atoms with Crippen LogP contribution in [0.5, 0.6) is 0 Å². The molecule has 2 aromatic heterocycles. The lowest BCUT2D eigenvalue weighted by Crippen LogP contribution is -2.48. The number of hydrogen-bond acceptors (Lipinski definition) is 7. The van der Waals surface area contributed by atoms with E-state index in [0.29, 0.717) is 0 Å². The van der Waals surface area contributed by atoms with Crippen LogP contribution in [0.2, 0.25) is 0 Å². The fourth-order valence-electron chi connectivity index (χ4n) is 1.95. The Labute approximate surface area is 144 Å². The molecule has 0 aliphatic carbocycles. The Bertz CT molecular complexity index is 1070. The first-order valence-corrected chi connectivity index (χ1v) is 7.30. The predicted octanol–water partition coefficient (Wildman–Crippen LogP) is -1.84. The van der Waals surface area contributed by atoms with Gasteiger partial charge in [0.2, 0.25) is 5.78 Å². The Kier molecular flexibility index (Phi) is 5.35. The highest BCUT2D eigenvalue weighted by molar-refractivity contribution is 6.01. The second-order valence-electron chi connectivity index (χ2n) is 5.33. The van der Waals surface area contributed by atoms with E-state index >= 15 is 0 Å². The quantitative estimate of drug-likeness (QED) is 0.210. The van der Waals surface area contributed by atoms with Crippen molar-refractivity contribution in [1.82, 2.24) is 19.9 Å². The molecule has 0 aliphatic heterocycles. The Morgan fingerprint density at radius 3 is 2.04 bits per heavy atom. The molecule has 0 saturated heterocycles. The maximum atomic E-state index is 11.4. The largest absolute Gasteiger partial charge is 0.387 e. The summed E-state index contributed by atoms with van der Waals surface area (Å²) in [5.41, 5.74) is -1.50. The number of H-pyrrole nitrogens is 4. The average Bonchev–Trinajstić information content (AvgIpc) is 2.96. The molecule has 0 fully saturated rings.